The van der Waals surface area contributed by atoms with Gasteiger partial charge in [0.25, 0.3) is 5.91 Å². The molecule has 0 aliphatic rings. The van der Waals surface area contributed by atoms with E-state index in [1.807, 2.05) is 0 Å². The first-order valence-corrected chi connectivity index (χ1v) is 5.51. The topological polar surface area (TPSA) is 32.3 Å². The quantitative estimate of drug-likeness (QED) is 0.586. The maximum absolute atomic E-state index is 11.0. The van der Waals surface area contributed by atoms with Crippen LogP contribution in [0.5, 0.6) is 0 Å². The molecule has 3 nitrogen and oxygen atoms in total. The number of hydrazine groups is 1. The van der Waals surface area contributed by atoms with Gasteiger partial charge in [0.15, 0.2) is 4.84 Å². The summed E-state index contributed by atoms with van der Waals surface area (Å²) in [6.45, 7) is 1.00. The molecule has 13 heavy (non-hydrogen) atoms. The maximum atomic E-state index is 11.0. The van der Waals surface area contributed by atoms with Crippen molar-refractivity contribution in [2.45, 2.75) is 4.84 Å². The Morgan fingerprint density at radius 1 is 1.23 bits per heavy atom. The average Bonchev–Trinajstić information content (AvgIpc) is 2.05. The number of carbonyl (C=O) groups excluding carboxylic acids is 1. The average molecular weight is 268 g/mol. The van der Waals surface area contributed by atoms with Gasteiger partial charge in [0.1, 0.15) is 0 Å². The number of carbonyl (C=O) groups is 1. The van der Waals surface area contributed by atoms with Crippen LogP contribution < -0.4 is 5.43 Å². The summed E-state index contributed by atoms with van der Waals surface area (Å²) in [6, 6.07) is 0. The van der Waals surface area contributed by atoms with Crippen molar-refractivity contribution in [3.05, 3.63) is 0 Å². The molecule has 0 saturated carbocycles. The SMILES string of the molecule is O=C(NN(CCCl)CCCl)C(Cl)Cl. The van der Waals surface area contributed by atoms with E-state index >= 15 is 0 Å². The van der Waals surface area contributed by atoms with E-state index in [1.54, 1.807) is 5.01 Å². The fraction of sp³-hybridized carbons (Fsp3) is 0.833. The Morgan fingerprint density at radius 3 is 2.00 bits per heavy atom. The van der Waals surface area contributed by atoms with Gasteiger partial charge in [-0.1, -0.05) is 23.2 Å². The molecule has 0 rings (SSSR count). The molecule has 0 atom stereocenters. The van der Waals surface area contributed by atoms with E-state index in [1.165, 1.54) is 0 Å². The van der Waals surface area contributed by atoms with E-state index in [9.17, 15) is 4.79 Å². The van der Waals surface area contributed by atoms with E-state index in [4.69, 9.17) is 46.4 Å². The number of halogens is 4. The highest BCUT2D eigenvalue weighted by Gasteiger charge is 2.14. The van der Waals surface area contributed by atoms with Gasteiger partial charge in [0.05, 0.1) is 0 Å². The number of rotatable bonds is 6. The molecule has 0 fully saturated rings. The van der Waals surface area contributed by atoms with Crippen LogP contribution in [0.25, 0.3) is 0 Å². The third kappa shape index (κ3) is 6.63. The zero-order valence-corrected chi connectivity index (χ0v) is 9.80. The largest absolute Gasteiger partial charge is 0.286 e. The van der Waals surface area contributed by atoms with Crippen molar-refractivity contribution in [3.63, 3.8) is 0 Å². The smallest absolute Gasteiger partial charge is 0.267 e. The first kappa shape index (κ1) is 13.6. The van der Waals surface area contributed by atoms with Crippen LogP contribution in [-0.2, 0) is 4.79 Å². The second-order valence-electron chi connectivity index (χ2n) is 2.14. The fourth-order valence-corrected chi connectivity index (χ4v) is 1.14. The van der Waals surface area contributed by atoms with Crippen molar-refractivity contribution in [1.29, 1.82) is 0 Å². The molecule has 0 aromatic carbocycles. The lowest BCUT2D eigenvalue weighted by Crippen LogP contribution is -2.46. The van der Waals surface area contributed by atoms with Crippen molar-refractivity contribution in [2.75, 3.05) is 24.8 Å². The Morgan fingerprint density at radius 2 is 1.69 bits per heavy atom. The second-order valence-corrected chi connectivity index (χ2v) is 3.99. The van der Waals surface area contributed by atoms with Gasteiger partial charge in [-0.3, -0.25) is 10.2 Å². The van der Waals surface area contributed by atoms with Crippen LogP contribution >= 0.6 is 46.4 Å². The Hall–Kier alpha value is 0.590. The highest BCUT2D eigenvalue weighted by molar-refractivity contribution is 6.53. The van der Waals surface area contributed by atoms with Gasteiger partial charge in [-0.2, -0.15) is 0 Å². The monoisotopic (exact) mass is 266 g/mol. The zero-order chi connectivity index (χ0) is 10.3. The molecule has 0 heterocycles. The number of alkyl halides is 4. The molecule has 0 bridgehead atoms. The van der Waals surface area contributed by atoms with Gasteiger partial charge in [-0.15, -0.1) is 23.2 Å². The highest BCUT2D eigenvalue weighted by atomic mass is 35.5. The number of amides is 1. The molecule has 0 radical (unpaired) electrons. The zero-order valence-electron chi connectivity index (χ0n) is 6.77. The number of hydrogen-bond donors (Lipinski definition) is 1. The minimum absolute atomic E-state index is 0.395. The van der Waals surface area contributed by atoms with E-state index in [0.717, 1.165) is 0 Å². The highest BCUT2D eigenvalue weighted by Crippen LogP contribution is 2.01. The van der Waals surface area contributed by atoms with Crippen LogP contribution in [0.15, 0.2) is 0 Å². The Labute approximate surface area is 97.2 Å². The molecule has 7 heteroatoms. The summed E-state index contributed by atoms with van der Waals surface area (Å²) in [5.74, 6) is 0.317. The standard InChI is InChI=1S/C6H10Cl4N2O/c7-1-3-12(4-2-8)11-6(13)5(9)10/h5H,1-4H2,(H,11,13). The Bertz CT molecular complexity index is 150. The van der Waals surface area contributed by atoms with Gasteiger partial charge in [0.2, 0.25) is 0 Å². The third-order valence-corrected chi connectivity index (χ3v) is 1.91. The normalized spacial score (nSPS) is 10.9. The van der Waals surface area contributed by atoms with Crippen molar-refractivity contribution in [2.24, 2.45) is 0 Å². The van der Waals surface area contributed by atoms with Crippen LogP contribution in [0.2, 0.25) is 0 Å². The lowest BCUT2D eigenvalue weighted by atomic mass is 10.6. The first-order chi connectivity index (χ1) is 6.11. The predicted octanol–water partition coefficient (Wildman–Crippen LogP) is 1.60. The summed E-state index contributed by atoms with van der Waals surface area (Å²) >= 11 is 21.7. The lowest BCUT2D eigenvalue weighted by Gasteiger charge is -2.21. The Kier molecular flexibility index (Phi) is 8.31. The molecule has 0 aromatic rings. The molecule has 0 aliphatic heterocycles. The molecular formula is C6H10Cl4N2O. The fourth-order valence-electron chi connectivity index (χ4n) is 0.632. The van der Waals surface area contributed by atoms with E-state index < -0.39 is 10.7 Å². The predicted molar refractivity (Wildman–Crippen MR) is 56.6 cm³/mol. The van der Waals surface area contributed by atoms with Gasteiger partial charge in [0, 0.05) is 24.8 Å². The van der Waals surface area contributed by atoms with Crippen molar-refractivity contribution in [1.82, 2.24) is 10.4 Å². The van der Waals surface area contributed by atoms with E-state index in [0.29, 0.717) is 24.8 Å². The van der Waals surface area contributed by atoms with Gasteiger partial charge in [-0.25, -0.2) is 5.01 Å². The summed E-state index contributed by atoms with van der Waals surface area (Å²) in [4.78, 5) is 9.92. The molecule has 0 spiro atoms. The van der Waals surface area contributed by atoms with Crippen molar-refractivity contribution < 1.29 is 4.79 Å². The minimum atomic E-state index is -1.08. The van der Waals surface area contributed by atoms with Crippen LogP contribution in [0.4, 0.5) is 0 Å². The summed E-state index contributed by atoms with van der Waals surface area (Å²) in [6.07, 6.45) is 0. The molecule has 1 N–H and O–H groups in total. The van der Waals surface area contributed by atoms with E-state index in [-0.39, 0.29) is 0 Å². The minimum Gasteiger partial charge on any atom is -0.286 e. The summed E-state index contributed by atoms with van der Waals surface area (Å²) < 4.78 is 0. The number of hydrogen-bond acceptors (Lipinski definition) is 2. The summed E-state index contributed by atoms with van der Waals surface area (Å²) in [5.41, 5.74) is 2.48. The Balaban J connectivity index is 3.86. The third-order valence-electron chi connectivity index (χ3n) is 1.18. The lowest BCUT2D eigenvalue weighted by molar-refractivity contribution is -0.124. The first-order valence-electron chi connectivity index (χ1n) is 3.57. The number of nitrogens with one attached hydrogen (secondary N) is 1. The van der Waals surface area contributed by atoms with Crippen molar-refractivity contribution in [3.8, 4) is 0 Å². The van der Waals surface area contributed by atoms with Crippen LogP contribution in [0.3, 0.4) is 0 Å². The maximum Gasteiger partial charge on any atom is 0.267 e. The van der Waals surface area contributed by atoms with Crippen molar-refractivity contribution >= 4 is 52.3 Å². The van der Waals surface area contributed by atoms with Gasteiger partial charge in [-0.05, 0) is 0 Å². The summed E-state index contributed by atoms with van der Waals surface area (Å²) in [5, 5.41) is 1.57. The van der Waals surface area contributed by atoms with E-state index in [2.05, 4.69) is 5.43 Å². The second kappa shape index (κ2) is 7.94. The van der Waals surface area contributed by atoms with Crippen LogP contribution in [-0.4, -0.2) is 40.6 Å². The van der Waals surface area contributed by atoms with Gasteiger partial charge < -0.3 is 0 Å². The summed E-state index contributed by atoms with van der Waals surface area (Å²) in [7, 11) is 0. The molecule has 0 aliphatic carbocycles. The molecular weight excluding hydrogens is 258 g/mol. The molecule has 0 aromatic heterocycles. The molecule has 1 amide bonds. The molecule has 78 valence electrons. The van der Waals surface area contributed by atoms with Crippen LogP contribution in [0, 0.1) is 0 Å². The number of nitrogens with zero attached hydrogens (tertiary/aromatic N) is 1. The van der Waals surface area contributed by atoms with Gasteiger partial charge >= 0.3 is 0 Å². The molecule has 0 saturated heterocycles. The molecule has 0 unspecified atom stereocenters. The van der Waals surface area contributed by atoms with Crippen LogP contribution in [0.1, 0.15) is 0 Å².